The van der Waals surface area contributed by atoms with Gasteiger partial charge in [0.05, 0.1) is 22.8 Å². The summed E-state index contributed by atoms with van der Waals surface area (Å²) in [6.07, 6.45) is 1.75. The van der Waals surface area contributed by atoms with E-state index in [0.29, 0.717) is 31.7 Å². The topological polar surface area (TPSA) is 88.2 Å². The van der Waals surface area contributed by atoms with E-state index in [9.17, 15) is 4.79 Å². The van der Waals surface area contributed by atoms with Crippen molar-refractivity contribution in [1.82, 2.24) is 30.5 Å². The third-order valence-corrected chi connectivity index (χ3v) is 5.03. The normalized spacial score (nSPS) is 15.4. The zero-order valence-corrected chi connectivity index (χ0v) is 16.7. The number of pyridine rings is 1. The number of hydrogen-bond donors (Lipinski definition) is 2. The van der Waals surface area contributed by atoms with E-state index in [0.717, 1.165) is 33.8 Å². The quantitative estimate of drug-likeness (QED) is 0.723. The fourth-order valence-electron chi connectivity index (χ4n) is 3.64. The van der Waals surface area contributed by atoms with Crippen LogP contribution in [0.5, 0.6) is 0 Å². The van der Waals surface area contributed by atoms with Crippen molar-refractivity contribution in [2.24, 2.45) is 0 Å². The molecule has 0 unspecified atom stereocenters. The molecule has 1 fully saturated rings. The Morgan fingerprint density at radius 3 is 2.50 bits per heavy atom. The van der Waals surface area contributed by atoms with Crippen molar-refractivity contribution < 1.29 is 9.21 Å². The number of aromatic nitrogens is 3. The van der Waals surface area contributed by atoms with Crippen molar-refractivity contribution in [1.29, 1.82) is 0 Å². The summed E-state index contributed by atoms with van der Waals surface area (Å²) in [6.45, 7) is 10.7. The second kappa shape index (κ2) is 7.37. The molecule has 0 radical (unpaired) electrons. The van der Waals surface area contributed by atoms with Crippen LogP contribution in [-0.2, 0) is 0 Å². The zero-order chi connectivity index (χ0) is 19.8. The summed E-state index contributed by atoms with van der Waals surface area (Å²) >= 11 is 0. The number of hydrogen-bond acceptors (Lipinski definition) is 6. The molecule has 0 aliphatic carbocycles. The van der Waals surface area contributed by atoms with Gasteiger partial charge in [-0.3, -0.25) is 15.6 Å². The molecular weight excluding hydrogens is 356 g/mol. The molecular formula is C20H26N6O2. The van der Waals surface area contributed by atoms with E-state index in [4.69, 9.17) is 9.40 Å². The van der Waals surface area contributed by atoms with Crippen LogP contribution in [0.4, 0.5) is 0 Å². The van der Waals surface area contributed by atoms with Gasteiger partial charge in [-0.1, -0.05) is 0 Å². The fourth-order valence-corrected chi connectivity index (χ4v) is 3.64. The van der Waals surface area contributed by atoms with Crippen molar-refractivity contribution in [2.45, 2.75) is 33.7 Å². The molecule has 4 heterocycles. The van der Waals surface area contributed by atoms with Gasteiger partial charge in [0.1, 0.15) is 11.5 Å². The maximum Gasteiger partial charge on any atom is 0.254 e. The first kappa shape index (κ1) is 18.6. The van der Waals surface area contributed by atoms with Crippen LogP contribution in [0.2, 0.25) is 0 Å². The lowest BCUT2D eigenvalue weighted by Crippen LogP contribution is -2.35. The van der Waals surface area contributed by atoms with Gasteiger partial charge in [0, 0.05) is 37.8 Å². The van der Waals surface area contributed by atoms with Gasteiger partial charge in [-0.25, -0.2) is 9.67 Å². The highest BCUT2D eigenvalue weighted by Crippen LogP contribution is 2.30. The maximum atomic E-state index is 13.4. The molecule has 0 bridgehead atoms. The summed E-state index contributed by atoms with van der Waals surface area (Å²) in [5, 5.41) is 5.28. The highest BCUT2D eigenvalue weighted by molar-refractivity contribution is 6.06. The Labute approximate surface area is 163 Å². The second-order valence-corrected chi connectivity index (χ2v) is 7.45. The minimum atomic E-state index is 0.000302. The van der Waals surface area contributed by atoms with Crippen LogP contribution in [0, 0.1) is 13.8 Å². The van der Waals surface area contributed by atoms with Gasteiger partial charge in [0.25, 0.3) is 5.91 Å². The molecule has 28 heavy (non-hydrogen) atoms. The van der Waals surface area contributed by atoms with E-state index in [-0.39, 0.29) is 11.9 Å². The SMILES string of the molecule is Cc1cc(-c2cc(C(=O)N3CCNNCC3)c3cnn(C(C)C)c3n2)c(C)o1. The Morgan fingerprint density at radius 2 is 1.89 bits per heavy atom. The molecule has 2 N–H and O–H groups in total. The number of fused-ring (bicyclic) bond motifs is 1. The lowest BCUT2D eigenvalue weighted by atomic mass is 10.1. The first-order valence-corrected chi connectivity index (χ1v) is 9.66. The number of rotatable bonds is 3. The van der Waals surface area contributed by atoms with E-state index in [1.54, 1.807) is 6.20 Å². The van der Waals surface area contributed by atoms with Crippen molar-refractivity contribution in [3.63, 3.8) is 0 Å². The van der Waals surface area contributed by atoms with Crippen molar-refractivity contribution in [3.05, 3.63) is 35.4 Å². The third-order valence-electron chi connectivity index (χ3n) is 5.03. The van der Waals surface area contributed by atoms with E-state index in [1.807, 2.05) is 35.6 Å². The summed E-state index contributed by atoms with van der Waals surface area (Å²) in [7, 11) is 0. The van der Waals surface area contributed by atoms with Crippen LogP contribution in [0.15, 0.2) is 22.7 Å². The molecule has 4 rings (SSSR count). The predicted octanol–water partition coefficient (Wildman–Crippen LogP) is 2.44. The summed E-state index contributed by atoms with van der Waals surface area (Å²) in [6, 6.07) is 3.98. The maximum absolute atomic E-state index is 13.4. The molecule has 1 aliphatic heterocycles. The first-order valence-electron chi connectivity index (χ1n) is 9.66. The van der Waals surface area contributed by atoms with Gasteiger partial charge >= 0.3 is 0 Å². The minimum Gasteiger partial charge on any atom is -0.466 e. The molecule has 1 amide bonds. The van der Waals surface area contributed by atoms with Crippen LogP contribution in [0.1, 0.15) is 41.8 Å². The molecule has 0 atom stereocenters. The van der Waals surface area contributed by atoms with Gasteiger partial charge < -0.3 is 9.32 Å². The Balaban J connectivity index is 1.88. The van der Waals surface area contributed by atoms with Crippen molar-refractivity contribution in [2.75, 3.05) is 26.2 Å². The molecule has 8 heteroatoms. The average molecular weight is 382 g/mol. The van der Waals surface area contributed by atoms with Crippen LogP contribution < -0.4 is 10.9 Å². The van der Waals surface area contributed by atoms with Gasteiger partial charge in [0.15, 0.2) is 5.65 Å². The highest BCUT2D eigenvalue weighted by Gasteiger charge is 2.24. The minimum absolute atomic E-state index is 0.000302. The molecule has 0 spiro atoms. The molecule has 3 aromatic rings. The predicted molar refractivity (Wildman–Crippen MR) is 107 cm³/mol. The van der Waals surface area contributed by atoms with Gasteiger partial charge in [-0.05, 0) is 39.8 Å². The third kappa shape index (κ3) is 3.29. The number of carbonyl (C=O) groups is 1. The lowest BCUT2D eigenvalue weighted by Gasteiger charge is -2.20. The summed E-state index contributed by atoms with van der Waals surface area (Å²) < 4.78 is 7.56. The lowest BCUT2D eigenvalue weighted by molar-refractivity contribution is 0.0772. The van der Waals surface area contributed by atoms with Crippen LogP contribution in [0.25, 0.3) is 22.3 Å². The highest BCUT2D eigenvalue weighted by atomic mass is 16.3. The molecule has 8 nitrogen and oxygen atoms in total. The molecule has 1 aliphatic rings. The number of aryl methyl sites for hydroxylation is 2. The fraction of sp³-hybridized carbons (Fsp3) is 0.450. The van der Waals surface area contributed by atoms with Gasteiger partial charge in [0.2, 0.25) is 0 Å². The smallest absolute Gasteiger partial charge is 0.254 e. The zero-order valence-electron chi connectivity index (χ0n) is 16.7. The van der Waals surface area contributed by atoms with E-state index in [2.05, 4.69) is 29.8 Å². The summed E-state index contributed by atoms with van der Waals surface area (Å²) in [5.74, 6) is 1.62. The number of hydrazine groups is 1. The van der Waals surface area contributed by atoms with Gasteiger partial charge in [-0.2, -0.15) is 5.10 Å². The number of nitrogens with zero attached hydrogens (tertiary/aromatic N) is 4. The van der Waals surface area contributed by atoms with Crippen LogP contribution >= 0.6 is 0 Å². The standard InChI is InChI=1S/C20H26N6O2/c1-12(2)26-19-17(11-23-26)16(20(27)25-7-5-21-22-6-8-25)10-18(24-19)15-9-13(3)28-14(15)4/h9-12,21-22H,5-8H2,1-4H3. The molecule has 148 valence electrons. The Kier molecular flexibility index (Phi) is 4.91. The average Bonchev–Trinajstić information content (AvgIpc) is 3.11. The monoisotopic (exact) mass is 382 g/mol. The number of amides is 1. The number of nitrogens with one attached hydrogen (secondary N) is 2. The summed E-state index contributed by atoms with van der Waals surface area (Å²) in [5.41, 5.74) is 9.20. The Morgan fingerprint density at radius 1 is 1.18 bits per heavy atom. The van der Waals surface area contributed by atoms with E-state index in [1.165, 1.54) is 0 Å². The molecule has 0 saturated carbocycles. The Bertz CT molecular complexity index is 1010. The van der Waals surface area contributed by atoms with Crippen LogP contribution in [0.3, 0.4) is 0 Å². The Hall–Kier alpha value is -2.71. The first-order chi connectivity index (χ1) is 13.5. The van der Waals surface area contributed by atoms with E-state index >= 15 is 0 Å². The van der Waals surface area contributed by atoms with Gasteiger partial charge in [-0.15, -0.1) is 0 Å². The number of furan rings is 1. The summed E-state index contributed by atoms with van der Waals surface area (Å²) in [4.78, 5) is 20.1. The molecule has 1 saturated heterocycles. The van der Waals surface area contributed by atoms with Crippen molar-refractivity contribution >= 4 is 16.9 Å². The number of carbonyl (C=O) groups excluding carboxylic acids is 1. The van der Waals surface area contributed by atoms with E-state index < -0.39 is 0 Å². The van der Waals surface area contributed by atoms with Crippen molar-refractivity contribution in [3.8, 4) is 11.3 Å². The van der Waals surface area contributed by atoms with Crippen LogP contribution in [-0.4, -0.2) is 51.8 Å². The molecule has 0 aromatic carbocycles. The molecule has 3 aromatic heterocycles. The largest absolute Gasteiger partial charge is 0.466 e. The second-order valence-electron chi connectivity index (χ2n) is 7.45.